The fourth-order valence-corrected chi connectivity index (χ4v) is 2.92. The number of aryl methyl sites for hydroxylation is 2. The smallest absolute Gasteiger partial charge is 0.167 e. The van der Waals surface area contributed by atoms with Crippen molar-refractivity contribution in [3.63, 3.8) is 0 Å². The highest BCUT2D eigenvalue weighted by molar-refractivity contribution is 5.72. The second kappa shape index (κ2) is 15.6. The zero-order chi connectivity index (χ0) is 55.7. The van der Waals surface area contributed by atoms with Crippen molar-refractivity contribution in [3.8, 4) is 22.3 Å². The number of rotatable bonds is 16. The third-order valence-corrected chi connectivity index (χ3v) is 4.51. The SMILES string of the molecule is [2H]C([2H])([2H])C([2H])([2H])C([2H])([2H])C([2H])([2H])C([2H])([2H])C([2H])([2H])C([2H])([2H])c1ccc(-c2ccc(-c3ccc(C([2H])([2H])C([2H])([2H])C([2H])([2H])C([2H])([2H])C([2H])([2H])C([2H])([2H])C([2H])([2H])C([2H])([2H])C([2H])([2H])[2H])cc3)c(F)c2F)cc1. The van der Waals surface area contributed by atoms with Crippen molar-refractivity contribution in [1.82, 2.24) is 0 Å². The molecule has 0 aromatic heterocycles. The van der Waals surface area contributed by atoms with Gasteiger partial charge in [-0.2, -0.15) is 0 Å². The van der Waals surface area contributed by atoms with Crippen LogP contribution in [-0.4, -0.2) is 0 Å². The summed E-state index contributed by atoms with van der Waals surface area (Å²) in [6.45, 7) is -7.89. The normalized spacial score (nSPS) is 31.5. The molecule has 0 unspecified atom stereocenters. The molecule has 36 heavy (non-hydrogen) atoms. The maximum Gasteiger partial charge on any atom is 0.167 e. The average molecular weight is 525 g/mol. The van der Waals surface area contributed by atoms with Gasteiger partial charge in [0.25, 0.3) is 0 Å². The van der Waals surface area contributed by atoms with Gasteiger partial charge in [-0.1, -0.05) is 138 Å². The molecule has 0 atom stereocenters. The van der Waals surface area contributed by atoms with Crippen molar-refractivity contribution >= 4 is 0 Å². The zero-order valence-corrected chi connectivity index (χ0v) is 18.5. The number of hydrogen-bond donors (Lipinski definition) is 0. The third kappa shape index (κ3) is 8.57. The summed E-state index contributed by atoms with van der Waals surface area (Å²) in [5, 5.41) is 0. The molecule has 3 aromatic rings. The van der Waals surface area contributed by atoms with Crippen LogP contribution in [-0.2, 0) is 12.7 Å². The van der Waals surface area contributed by atoms with Crippen LogP contribution in [0.3, 0.4) is 0 Å². The molecular weight excluding hydrogens is 446 g/mol. The molecule has 0 saturated heterocycles. The third-order valence-electron chi connectivity index (χ3n) is 4.51. The first-order chi connectivity index (χ1) is 30.5. The lowest BCUT2D eigenvalue weighted by Gasteiger charge is -2.11. The van der Waals surface area contributed by atoms with Gasteiger partial charge in [0.2, 0.25) is 0 Å². The van der Waals surface area contributed by atoms with Crippen LogP contribution in [0.15, 0.2) is 60.7 Å². The van der Waals surface area contributed by atoms with E-state index in [9.17, 15) is 0 Å². The summed E-state index contributed by atoms with van der Waals surface area (Å²) >= 11 is 0. The van der Waals surface area contributed by atoms with Crippen LogP contribution in [0.1, 0.15) is 148 Å². The first kappa shape index (κ1) is 7.33. The summed E-state index contributed by atoms with van der Waals surface area (Å²) in [5.74, 6) is -3.18. The molecule has 0 aliphatic carbocycles. The minimum atomic E-state index is -4.67. The summed E-state index contributed by atoms with van der Waals surface area (Å²) in [6, 6.07) is 8.50. The molecule has 0 heterocycles. The maximum atomic E-state index is 15.8. The predicted molar refractivity (Wildman–Crippen MR) is 151 cm³/mol. The first-order valence-corrected chi connectivity index (χ1v) is 10.2. The molecule has 3 rings (SSSR count). The maximum absolute atomic E-state index is 15.8. The van der Waals surface area contributed by atoms with Crippen LogP contribution >= 0.6 is 0 Å². The Labute approximate surface area is 265 Å². The van der Waals surface area contributed by atoms with E-state index in [1.165, 1.54) is 0 Å². The fourth-order valence-electron chi connectivity index (χ4n) is 2.92. The Morgan fingerprint density at radius 1 is 0.500 bits per heavy atom. The molecule has 194 valence electrons. The van der Waals surface area contributed by atoms with Crippen LogP contribution in [0.5, 0.6) is 0 Å². The monoisotopic (exact) mass is 525 g/mol. The minimum absolute atomic E-state index is 0.229. The van der Waals surface area contributed by atoms with Crippen molar-refractivity contribution in [2.24, 2.45) is 0 Å². The van der Waals surface area contributed by atoms with Crippen molar-refractivity contribution in [2.75, 3.05) is 0 Å². The van der Waals surface area contributed by atoms with E-state index in [-0.39, 0.29) is 11.1 Å². The lowest BCUT2D eigenvalue weighted by Crippen LogP contribution is -1.95. The quantitative estimate of drug-likeness (QED) is 0.175. The molecule has 0 aliphatic heterocycles. The molecule has 3 aromatic carbocycles. The fraction of sp³-hybridized carbons (Fsp3) is 0.471. The lowest BCUT2D eigenvalue weighted by atomic mass is 9.96. The van der Waals surface area contributed by atoms with Gasteiger partial charge in [-0.25, -0.2) is 8.78 Å². The molecule has 0 bridgehead atoms. The molecule has 0 aliphatic rings. The van der Waals surface area contributed by atoms with Gasteiger partial charge in [-0.15, -0.1) is 0 Å². The van der Waals surface area contributed by atoms with Crippen molar-refractivity contribution in [1.29, 1.82) is 0 Å². The van der Waals surface area contributed by atoms with Gasteiger partial charge in [0.05, 0.1) is 0 Å². The summed E-state index contributed by atoms with van der Waals surface area (Å²) in [5.41, 5.74) is -3.19. The summed E-state index contributed by atoms with van der Waals surface area (Å²) in [6.07, 6.45) is -60.1. The van der Waals surface area contributed by atoms with Gasteiger partial charge < -0.3 is 0 Å². The highest BCUT2D eigenvalue weighted by atomic mass is 19.2. The molecule has 2 heteroatoms. The van der Waals surface area contributed by atoms with Crippen molar-refractivity contribution in [3.05, 3.63) is 83.4 Å². The van der Waals surface area contributed by atoms with Gasteiger partial charge in [-0.3, -0.25) is 0 Å². The van der Waals surface area contributed by atoms with Gasteiger partial charge in [-0.05, 0) is 47.7 Å². The first-order valence-electron chi connectivity index (χ1n) is 27.2. The van der Waals surface area contributed by atoms with E-state index in [0.29, 0.717) is 0 Å². The Balaban J connectivity index is 2.02. The highest BCUT2D eigenvalue weighted by Gasteiger charge is 2.16. The standard InChI is InChI=1S/C34H44F2/c1-3-5-7-9-10-12-14-16-28-19-23-30(24-20-28)32-26-25-31(33(35)34(32)36)29-21-17-27(18-22-29)15-13-11-8-6-4-2/h17-26H,3-16H2,1-2H3/i1D3,2D3,3D2,4D2,5D2,6D2,7D2,8D2,9D2,10D2,11D2,12D2,13D2,14D2,15D2,16D2. The van der Waals surface area contributed by atoms with E-state index in [4.69, 9.17) is 46.6 Å². The molecule has 0 spiro atoms. The van der Waals surface area contributed by atoms with E-state index >= 15 is 8.78 Å². The van der Waals surface area contributed by atoms with Gasteiger partial charge >= 0.3 is 0 Å². The second-order valence-electron chi connectivity index (χ2n) is 6.69. The van der Waals surface area contributed by atoms with Gasteiger partial charge in [0.15, 0.2) is 11.6 Å². The van der Waals surface area contributed by atoms with E-state index in [2.05, 4.69) is 0 Å². The van der Waals surface area contributed by atoms with E-state index in [1.54, 1.807) is 0 Å². The Kier molecular flexibility index (Phi) is 3.18. The largest absolute Gasteiger partial charge is 0.203 e. The Hall–Kier alpha value is -2.48. The van der Waals surface area contributed by atoms with Crippen LogP contribution in [0.2, 0.25) is 0 Å². The van der Waals surface area contributed by atoms with Crippen molar-refractivity contribution in [2.45, 2.75) is 103 Å². The van der Waals surface area contributed by atoms with Gasteiger partial charge in [0, 0.05) is 57.7 Å². The summed E-state index contributed by atoms with van der Waals surface area (Å²) in [7, 11) is 0. The zero-order valence-electron chi connectivity index (χ0n) is 52.5. The van der Waals surface area contributed by atoms with E-state index < -0.39 is 137 Å². The van der Waals surface area contributed by atoms with Crippen LogP contribution in [0.25, 0.3) is 22.3 Å². The molecule has 0 N–H and O–H groups in total. The Morgan fingerprint density at radius 2 is 0.861 bits per heavy atom. The van der Waals surface area contributed by atoms with Crippen LogP contribution in [0, 0.1) is 11.6 Å². The average Bonchev–Trinajstić information content (AvgIpc) is 3.20. The number of benzene rings is 3. The highest BCUT2D eigenvalue weighted by Crippen LogP contribution is 2.32. The number of hydrogen-bond acceptors (Lipinski definition) is 0. The predicted octanol–water partition coefficient (Wildman–Crippen LogP) is 11.1. The molecule has 0 fully saturated rings. The molecule has 0 radical (unpaired) electrons. The Morgan fingerprint density at radius 3 is 1.25 bits per heavy atom. The summed E-state index contributed by atoms with van der Waals surface area (Å²) < 4.78 is 305. The Bertz CT molecular complexity index is 2390. The molecular formula is C34H44F2. The number of halogens is 2. The van der Waals surface area contributed by atoms with Gasteiger partial charge in [0.1, 0.15) is 0 Å². The van der Waals surface area contributed by atoms with E-state index in [0.717, 1.165) is 60.7 Å². The molecule has 0 nitrogen and oxygen atoms in total. The minimum Gasteiger partial charge on any atom is -0.203 e. The topological polar surface area (TPSA) is 0 Å². The lowest BCUT2D eigenvalue weighted by molar-refractivity contribution is 0.514. The molecule has 0 saturated carbocycles. The molecule has 0 amide bonds. The van der Waals surface area contributed by atoms with Crippen LogP contribution in [0.4, 0.5) is 8.78 Å². The summed E-state index contributed by atoms with van der Waals surface area (Å²) in [4.78, 5) is 0. The second-order valence-corrected chi connectivity index (χ2v) is 6.69. The van der Waals surface area contributed by atoms with E-state index in [1.807, 2.05) is 0 Å². The van der Waals surface area contributed by atoms with Crippen molar-refractivity contribution < 1.29 is 55.4 Å². The van der Waals surface area contributed by atoms with Crippen LogP contribution < -0.4 is 0 Å².